The van der Waals surface area contributed by atoms with Crippen molar-refractivity contribution in [2.24, 2.45) is 0 Å². The summed E-state index contributed by atoms with van der Waals surface area (Å²) in [6, 6.07) is 2.60. The van der Waals surface area contributed by atoms with Gasteiger partial charge in [-0.15, -0.1) is 0 Å². The van der Waals surface area contributed by atoms with Crippen molar-refractivity contribution < 1.29 is 8.60 Å². The molecule has 0 bridgehead atoms. The van der Waals surface area contributed by atoms with Gasteiger partial charge in [0, 0.05) is 5.02 Å². The molecule has 0 fully saturated rings. The lowest BCUT2D eigenvalue weighted by Crippen LogP contribution is -1.92. The average molecular weight is 227 g/mol. The highest BCUT2D eigenvalue weighted by Crippen LogP contribution is 2.23. The summed E-state index contributed by atoms with van der Waals surface area (Å²) < 4.78 is 23.8. The molecule has 1 aromatic carbocycles. The van der Waals surface area contributed by atoms with Crippen molar-refractivity contribution in [2.45, 2.75) is 11.8 Å². The van der Waals surface area contributed by atoms with E-state index in [1.165, 1.54) is 6.07 Å². The number of rotatable bonds is 1. The molecule has 0 aromatic heterocycles. The minimum atomic E-state index is -1.82. The van der Waals surface area contributed by atoms with E-state index in [0.717, 1.165) is 6.07 Å². The summed E-state index contributed by atoms with van der Waals surface area (Å²) >= 11 is 5.54. The molecule has 0 saturated heterocycles. The van der Waals surface area contributed by atoms with Crippen LogP contribution in [0.1, 0.15) is 5.56 Å². The molecular formula is C7H5Cl2FOS. The molecule has 0 amide bonds. The van der Waals surface area contributed by atoms with E-state index in [-0.39, 0.29) is 9.92 Å². The summed E-state index contributed by atoms with van der Waals surface area (Å²) in [5.74, 6) is -0.631. The first-order valence-corrected chi connectivity index (χ1v) is 5.41. The van der Waals surface area contributed by atoms with Crippen molar-refractivity contribution in [1.29, 1.82) is 0 Å². The molecular weight excluding hydrogens is 222 g/mol. The minimum absolute atomic E-state index is 0.000988. The van der Waals surface area contributed by atoms with Crippen LogP contribution in [0.3, 0.4) is 0 Å². The molecule has 5 heteroatoms. The largest absolute Gasteiger partial charge is 0.237 e. The van der Waals surface area contributed by atoms with E-state index in [9.17, 15) is 8.60 Å². The Morgan fingerprint density at radius 3 is 2.50 bits per heavy atom. The third-order valence-electron chi connectivity index (χ3n) is 1.35. The summed E-state index contributed by atoms with van der Waals surface area (Å²) in [6.07, 6.45) is 0. The quantitative estimate of drug-likeness (QED) is 0.674. The highest BCUT2D eigenvalue weighted by molar-refractivity contribution is 8.08. The van der Waals surface area contributed by atoms with Crippen LogP contribution in [-0.2, 0) is 10.0 Å². The van der Waals surface area contributed by atoms with Gasteiger partial charge in [0.1, 0.15) is 5.82 Å². The first-order valence-electron chi connectivity index (χ1n) is 3.06. The van der Waals surface area contributed by atoms with Crippen molar-refractivity contribution in [2.75, 3.05) is 0 Å². The zero-order chi connectivity index (χ0) is 9.30. The Balaban J connectivity index is 3.38. The number of halogens is 3. The van der Waals surface area contributed by atoms with Crippen molar-refractivity contribution in [3.63, 3.8) is 0 Å². The zero-order valence-corrected chi connectivity index (χ0v) is 8.43. The van der Waals surface area contributed by atoms with Crippen LogP contribution in [0.4, 0.5) is 4.39 Å². The molecule has 0 spiro atoms. The van der Waals surface area contributed by atoms with Gasteiger partial charge >= 0.3 is 0 Å². The molecule has 1 nitrogen and oxygen atoms in total. The van der Waals surface area contributed by atoms with Crippen LogP contribution >= 0.6 is 22.3 Å². The topological polar surface area (TPSA) is 17.1 Å². The van der Waals surface area contributed by atoms with Crippen LogP contribution in [0, 0.1) is 12.7 Å². The summed E-state index contributed by atoms with van der Waals surface area (Å²) in [7, 11) is 3.43. The smallest absolute Gasteiger partial charge is 0.150 e. The lowest BCUT2D eigenvalue weighted by molar-refractivity contribution is 0.594. The van der Waals surface area contributed by atoms with E-state index in [1.54, 1.807) is 6.92 Å². The molecule has 1 unspecified atom stereocenters. The molecule has 66 valence electrons. The fourth-order valence-electron chi connectivity index (χ4n) is 0.892. The van der Waals surface area contributed by atoms with Gasteiger partial charge in [0.25, 0.3) is 0 Å². The first-order chi connectivity index (χ1) is 5.52. The van der Waals surface area contributed by atoms with Gasteiger partial charge in [-0.1, -0.05) is 11.6 Å². The number of benzene rings is 1. The van der Waals surface area contributed by atoms with Crippen LogP contribution in [0.25, 0.3) is 0 Å². The van der Waals surface area contributed by atoms with E-state index in [0.29, 0.717) is 5.56 Å². The van der Waals surface area contributed by atoms with Gasteiger partial charge in [0.15, 0.2) is 10.0 Å². The predicted octanol–water partition coefficient (Wildman–Crippen LogP) is 3.05. The lowest BCUT2D eigenvalue weighted by atomic mass is 10.2. The molecule has 0 saturated carbocycles. The van der Waals surface area contributed by atoms with Crippen LogP contribution < -0.4 is 0 Å². The second kappa shape index (κ2) is 3.73. The summed E-state index contributed by atoms with van der Waals surface area (Å²) in [5, 5.41) is 0.274. The highest BCUT2D eigenvalue weighted by Gasteiger charge is 2.11. The van der Waals surface area contributed by atoms with Crippen molar-refractivity contribution in [3.8, 4) is 0 Å². The normalized spacial score (nSPS) is 13.0. The monoisotopic (exact) mass is 226 g/mol. The molecule has 1 aromatic rings. The SMILES string of the molecule is Cc1cc(Cl)cc(F)c1S(=O)Cl. The van der Waals surface area contributed by atoms with Gasteiger partial charge in [-0.05, 0) is 35.3 Å². The molecule has 0 aliphatic rings. The molecule has 0 N–H and O–H groups in total. The minimum Gasteiger partial charge on any atom is -0.237 e. The fourth-order valence-corrected chi connectivity index (χ4v) is 2.26. The third-order valence-corrected chi connectivity index (χ3v) is 2.87. The maximum Gasteiger partial charge on any atom is 0.150 e. The Kier molecular flexibility index (Phi) is 3.09. The first kappa shape index (κ1) is 9.96. The third kappa shape index (κ3) is 1.97. The van der Waals surface area contributed by atoms with E-state index in [1.807, 2.05) is 0 Å². The molecule has 0 radical (unpaired) electrons. The number of hydrogen-bond acceptors (Lipinski definition) is 1. The second-order valence-electron chi connectivity index (χ2n) is 2.26. The Morgan fingerprint density at radius 1 is 1.50 bits per heavy atom. The fraction of sp³-hybridized carbons (Fsp3) is 0.143. The molecule has 0 aliphatic heterocycles. The van der Waals surface area contributed by atoms with Crippen molar-refractivity contribution in [3.05, 3.63) is 28.5 Å². The molecule has 12 heavy (non-hydrogen) atoms. The second-order valence-corrected chi connectivity index (χ2v) is 4.39. The molecule has 1 rings (SSSR count). The van der Waals surface area contributed by atoms with Gasteiger partial charge in [-0.25, -0.2) is 8.60 Å². The standard InChI is InChI=1S/C7H5Cl2FOS/c1-4-2-5(8)3-6(10)7(4)12(9)11/h2-3H,1H3. The number of aryl methyl sites for hydroxylation is 1. The summed E-state index contributed by atoms with van der Waals surface area (Å²) in [5.41, 5.74) is 0.494. The Bertz CT molecular complexity index is 317. The van der Waals surface area contributed by atoms with Crippen LogP contribution in [-0.4, -0.2) is 4.21 Å². The van der Waals surface area contributed by atoms with Gasteiger partial charge < -0.3 is 0 Å². The van der Waals surface area contributed by atoms with E-state index >= 15 is 0 Å². The van der Waals surface area contributed by atoms with E-state index in [4.69, 9.17) is 22.3 Å². The van der Waals surface area contributed by atoms with Crippen LogP contribution in [0.2, 0.25) is 5.02 Å². The van der Waals surface area contributed by atoms with Crippen LogP contribution in [0.15, 0.2) is 17.0 Å². The van der Waals surface area contributed by atoms with Crippen molar-refractivity contribution in [1.82, 2.24) is 0 Å². The Morgan fingerprint density at radius 2 is 2.08 bits per heavy atom. The molecule has 0 aliphatic carbocycles. The van der Waals surface area contributed by atoms with Crippen molar-refractivity contribution >= 4 is 32.3 Å². The summed E-state index contributed by atoms with van der Waals surface area (Å²) in [4.78, 5) is 0.000988. The lowest BCUT2D eigenvalue weighted by Gasteiger charge is -2.02. The molecule has 0 heterocycles. The van der Waals surface area contributed by atoms with Gasteiger partial charge in [-0.2, -0.15) is 0 Å². The Labute approximate surface area is 81.4 Å². The Hall–Kier alpha value is -0.120. The maximum absolute atomic E-state index is 13.0. The van der Waals surface area contributed by atoms with Gasteiger partial charge in [-0.3, -0.25) is 0 Å². The van der Waals surface area contributed by atoms with E-state index < -0.39 is 15.8 Å². The summed E-state index contributed by atoms with van der Waals surface area (Å²) in [6.45, 7) is 1.60. The van der Waals surface area contributed by atoms with Gasteiger partial charge in [0.2, 0.25) is 0 Å². The molecule has 1 atom stereocenters. The van der Waals surface area contributed by atoms with Crippen LogP contribution in [0.5, 0.6) is 0 Å². The highest BCUT2D eigenvalue weighted by atomic mass is 35.7. The van der Waals surface area contributed by atoms with E-state index in [2.05, 4.69) is 0 Å². The maximum atomic E-state index is 13.0. The predicted molar refractivity (Wildman–Crippen MR) is 48.4 cm³/mol. The number of hydrogen-bond donors (Lipinski definition) is 0. The zero-order valence-electron chi connectivity index (χ0n) is 6.11. The van der Waals surface area contributed by atoms with Gasteiger partial charge in [0.05, 0.1) is 4.90 Å². The average Bonchev–Trinajstić information content (AvgIpc) is 1.82.